The van der Waals surface area contributed by atoms with Gasteiger partial charge in [0.25, 0.3) is 0 Å². The first-order chi connectivity index (χ1) is 6.95. The molecule has 0 aliphatic carbocycles. The zero-order valence-corrected chi connectivity index (χ0v) is 11.1. The van der Waals surface area contributed by atoms with Crippen molar-refractivity contribution in [1.82, 2.24) is 5.32 Å². The lowest BCUT2D eigenvalue weighted by Gasteiger charge is -2.17. The number of ether oxygens (including phenoxy) is 1. The van der Waals surface area contributed by atoms with Gasteiger partial charge in [0.2, 0.25) is 0 Å². The maximum atomic E-state index is 11.1. The van der Waals surface area contributed by atoms with Gasteiger partial charge in [-0.1, -0.05) is 20.8 Å². The molecular formula is C11H23NO2S. The molecule has 15 heavy (non-hydrogen) atoms. The highest BCUT2D eigenvalue weighted by Crippen LogP contribution is 2.16. The molecule has 0 aromatic heterocycles. The van der Waals surface area contributed by atoms with Crippen LogP contribution in [0.5, 0.6) is 0 Å². The molecule has 3 nitrogen and oxygen atoms in total. The summed E-state index contributed by atoms with van der Waals surface area (Å²) in [5.41, 5.74) is 0.315. The summed E-state index contributed by atoms with van der Waals surface area (Å²) < 4.78 is 4.99. The predicted octanol–water partition coefficient (Wildman–Crippen LogP) is 1.92. The van der Waals surface area contributed by atoms with Crippen LogP contribution in [0.2, 0.25) is 0 Å². The van der Waals surface area contributed by atoms with Crippen molar-refractivity contribution < 1.29 is 9.53 Å². The van der Waals surface area contributed by atoms with Gasteiger partial charge >= 0.3 is 5.97 Å². The number of esters is 1. The average molecular weight is 233 g/mol. The molecule has 0 unspecified atom stereocenters. The van der Waals surface area contributed by atoms with Gasteiger partial charge in [-0.15, -0.1) is 0 Å². The molecule has 0 fully saturated rings. The first kappa shape index (κ1) is 14.8. The zero-order chi connectivity index (χ0) is 11.7. The van der Waals surface area contributed by atoms with Crippen LogP contribution in [0.15, 0.2) is 0 Å². The van der Waals surface area contributed by atoms with E-state index in [0.717, 1.165) is 18.7 Å². The van der Waals surface area contributed by atoms with Crippen LogP contribution >= 0.6 is 11.8 Å². The highest BCUT2D eigenvalue weighted by Gasteiger charge is 2.09. The first-order valence-corrected chi connectivity index (χ1v) is 6.70. The summed E-state index contributed by atoms with van der Waals surface area (Å²) in [4.78, 5) is 11.1. The van der Waals surface area contributed by atoms with E-state index in [2.05, 4.69) is 26.1 Å². The number of rotatable bonds is 7. The number of thioether (sulfide) groups is 1. The first-order valence-electron chi connectivity index (χ1n) is 5.31. The Hall–Kier alpha value is -0.220. The Morgan fingerprint density at radius 1 is 1.40 bits per heavy atom. The molecule has 4 heteroatoms. The summed E-state index contributed by atoms with van der Waals surface area (Å²) in [5, 5.41) is 3.09. The van der Waals surface area contributed by atoms with E-state index in [-0.39, 0.29) is 5.97 Å². The van der Waals surface area contributed by atoms with Crippen molar-refractivity contribution in [3.05, 3.63) is 0 Å². The summed E-state index contributed by atoms with van der Waals surface area (Å²) in [7, 11) is 0. The molecule has 0 spiro atoms. The van der Waals surface area contributed by atoms with Crippen LogP contribution < -0.4 is 5.32 Å². The van der Waals surface area contributed by atoms with Crippen molar-refractivity contribution in [1.29, 1.82) is 0 Å². The summed E-state index contributed by atoms with van der Waals surface area (Å²) >= 11 is 1.68. The monoisotopic (exact) mass is 233 g/mol. The second kappa shape index (κ2) is 7.99. The van der Waals surface area contributed by atoms with Gasteiger partial charge in [-0.3, -0.25) is 4.79 Å². The predicted molar refractivity (Wildman–Crippen MR) is 66.3 cm³/mol. The largest absolute Gasteiger partial charge is 0.464 e. The molecule has 0 atom stereocenters. The molecule has 90 valence electrons. The Kier molecular flexibility index (Phi) is 7.88. The van der Waals surface area contributed by atoms with E-state index in [1.807, 2.05) is 6.26 Å². The molecule has 0 saturated heterocycles. The van der Waals surface area contributed by atoms with Crippen LogP contribution in [0.4, 0.5) is 0 Å². The quantitative estimate of drug-likeness (QED) is 0.538. The van der Waals surface area contributed by atoms with Crippen molar-refractivity contribution in [3.63, 3.8) is 0 Å². The number of hydrogen-bond acceptors (Lipinski definition) is 4. The summed E-state index contributed by atoms with van der Waals surface area (Å²) in [5.74, 6) is 0.714. The molecule has 1 N–H and O–H groups in total. The molecule has 0 aliphatic rings. The maximum absolute atomic E-state index is 11.1. The van der Waals surface area contributed by atoms with Gasteiger partial charge in [-0.25, -0.2) is 0 Å². The Balaban J connectivity index is 3.32. The third kappa shape index (κ3) is 11.7. The molecule has 0 aromatic carbocycles. The van der Waals surface area contributed by atoms with Gasteiger partial charge in [-0.05, 0) is 24.6 Å². The van der Waals surface area contributed by atoms with Crippen molar-refractivity contribution in [2.75, 3.05) is 31.7 Å². The topological polar surface area (TPSA) is 38.3 Å². The van der Waals surface area contributed by atoms with E-state index in [0.29, 0.717) is 18.6 Å². The van der Waals surface area contributed by atoms with Crippen molar-refractivity contribution in [2.45, 2.75) is 27.2 Å². The molecular weight excluding hydrogens is 210 g/mol. The normalized spacial score (nSPS) is 11.5. The molecule has 0 saturated carbocycles. The SMILES string of the molecule is CSCCOC(=O)CNCCC(C)(C)C. The van der Waals surface area contributed by atoms with Crippen LogP contribution in [0.25, 0.3) is 0 Å². The van der Waals surface area contributed by atoms with E-state index >= 15 is 0 Å². The van der Waals surface area contributed by atoms with Gasteiger partial charge in [0, 0.05) is 5.75 Å². The van der Waals surface area contributed by atoms with E-state index in [4.69, 9.17) is 4.74 Å². The average Bonchev–Trinajstić information content (AvgIpc) is 2.11. The van der Waals surface area contributed by atoms with Gasteiger partial charge in [0.15, 0.2) is 0 Å². The van der Waals surface area contributed by atoms with Crippen molar-refractivity contribution in [3.8, 4) is 0 Å². The number of carbonyl (C=O) groups is 1. The third-order valence-corrected chi connectivity index (χ3v) is 2.45. The van der Waals surface area contributed by atoms with Crippen LogP contribution in [0, 0.1) is 5.41 Å². The molecule has 0 heterocycles. The second-order valence-corrected chi connectivity index (χ2v) is 5.69. The number of nitrogens with one attached hydrogen (secondary N) is 1. The number of hydrogen-bond donors (Lipinski definition) is 1. The molecule has 0 bridgehead atoms. The van der Waals surface area contributed by atoms with E-state index in [1.165, 1.54) is 0 Å². The van der Waals surface area contributed by atoms with Gasteiger partial charge in [0.1, 0.15) is 6.61 Å². The fraction of sp³-hybridized carbons (Fsp3) is 0.909. The maximum Gasteiger partial charge on any atom is 0.319 e. The van der Waals surface area contributed by atoms with Crippen molar-refractivity contribution >= 4 is 17.7 Å². The Labute approximate surface area is 97.3 Å². The molecule has 0 aromatic rings. The lowest BCUT2D eigenvalue weighted by atomic mass is 9.92. The molecule has 0 rings (SSSR count). The lowest BCUT2D eigenvalue weighted by molar-refractivity contribution is -0.141. The van der Waals surface area contributed by atoms with Crippen LogP contribution in [0.1, 0.15) is 27.2 Å². The van der Waals surface area contributed by atoms with Crippen LogP contribution in [0.3, 0.4) is 0 Å². The van der Waals surface area contributed by atoms with Crippen molar-refractivity contribution in [2.24, 2.45) is 5.41 Å². The van der Waals surface area contributed by atoms with Gasteiger partial charge in [0.05, 0.1) is 6.54 Å². The minimum absolute atomic E-state index is 0.155. The van der Waals surface area contributed by atoms with Crippen LogP contribution in [-0.4, -0.2) is 37.7 Å². The van der Waals surface area contributed by atoms with Gasteiger partial charge in [-0.2, -0.15) is 11.8 Å². The molecule has 0 aliphatic heterocycles. The van der Waals surface area contributed by atoms with Gasteiger partial charge < -0.3 is 10.1 Å². The highest BCUT2D eigenvalue weighted by molar-refractivity contribution is 7.98. The van der Waals surface area contributed by atoms with E-state index in [9.17, 15) is 4.79 Å². The fourth-order valence-corrected chi connectivity index (χ4v) is 1.19. The standard InChI is InChI=1S/C11H23NO2S/c1-11(2,3)5-6-12-9-10(13)14-7-8-15-4/h12H,5-9H2,1-4H3. The number of carbonyl (C=O) groups excluding carboxylic acids is 1. The van der Waals surface area contributed by atoms with E-state index < -0.39 is 0 Å². The molecule has 0 radical (unpaired) electrons. The summed E-state index contributed by atoms with van der Waals surface area (Å²) in [6, 6.07) is 0. The summed E-state index contributed by atoms with van der Waals surface area (Å²) in [6.07, 6.45) is 3.06. The second-order valence-electron chi connectivity index (χ2n) is 4.70. The summed E-state index contributed by atoms with van der Waals surface area (Å²) in [6.45, 7) is 8.26. The Morgan fingerprint density at radius 3 is 2.60 bits per heavy atom. The third-order valence-electron chi connectivity index (χ3n) is 1.87. The minimum Gasteiger partial charge on any atom is -0.464 e. The lowest BCUT2D eigenvalue weighted by Crippen LogP contribution is -2.28. The zero-order valence-electron chi connectivity index (χ0n) is 10.3. The smallest absolute Gasteiger partial charge is 0.319 e. The minimum atomic E-state index is -0.155. The Bertz CT molecular complexity index is 178. The fourth-order valence-electron chi connectivity index (χ4n) is 0.944. The van der Waals surface area contributed by atoms with Crippen LogP contribution in [-0.2, 0) is 9.53 Å². The Morgan fingerprint density at radius 2 is 2.07 bits per heavy atom. The van der Waals surface area contributed by atoms with E-state index in [1.54, 1.807) is 11.8 Å². The molecule has 0 amide bonds. The highest BCUT2D eigenvalue weighted by atomic mass is 32.2.